The van der Waals surface area contributed by atoms with Gasteiger partial charge in [0, 0.05) is 37.3 Å². The lowest BCUT2D eigenvalue weighted by Crippen LogP contribution is -2.50. The summed E-state index contributed by atoms with van der Waals surface area (Å²) in [6.45, 7) is 3.49. The van der Waals surface area contributed by atoms with E-state index in [2.05, 4.69) is 42.6 Å². The van der Waals surface area contributed by atoms with E-state index in [0.717, 1.165) is 81.3 Å². The first-order valence-electron chi connectivity index (χ1n) is 17.6. The number of carbonyl (C=O) groups is 3. The summed E-state index contributed by atoms with van der Waals surface area (Å²) in [6, 6.07) is 8.94. The van der Waals surface area contributed by atoms with Crippen LogP contribution in [0, 0.1) is 5.92 Å². The van der Waals surface area contributed by atoms with Crippen molar-refractivity contribution in [2.75, 3.05) is 36.4 Å². The normalized spacial score (nSPS) is 20.8. The number of imidazole rings is 1. The van der Waals surface area contributed by atoms with Gasteiger partial charge in [-0.3, -0.25) is 28.9 Å². The van der Waals surface area contributed by atoms with E-state index in [4.69, 9.17) is 5.10 Å². The van der Waals surface area contributed by atoms with E-state index in [0.29, 0.717) is 29.7 Å². The van der Waals surface area contributed by atoms with Crippen molar-refractivity contribution in [3.05, 3.63) is 78.1 Å². The number of amides is 4. The van der Waals surface area contributed by atoms with Crippen LogP contribution in [0.2, 0.25) is 0 Å². The molecule has 3 aliphatic rings. The van der Waals surface area contributed by atoms with Crippen LogP contribution in [0.15, 0.2) is 61.2 Å². The minimum absolute atomic E-state index is 0.211. The highest BCUT2D eigenvalue weighted by molar-refractivity contribution is 6.05. The third kappa shape index (κ3) is 6.94. The minimum atomic E-state index is -4.65. The van der Waals surface area contributed by atoms with Crippen LogP contribution in [0.1, 0.15) is 78.7 Å². The molecular formula is C36H37F3N10O3. The predicted octanol–water partition coefficient (Wildman–Crippen LogP) is 5.80. The molecule has 270 valence electrons. The van der Waals surface area contributed by atoms with Gasteiger partial charge in [0.15, 0.2) is 0 Å². The second kappa shape index (κ2) is 13.6. The second-order valence-electron chi connectivity index (χ2n) is 13.9. The Bertz CT molecular complexity index is 2150. The number of imide groups is 1. The van der Waals surface area contributed by atoms with Gasteiger partial charge in [-0.15, -0.1) is 0 Å². The van der Waals surface area contributed by atoms with Crippen LogP contribution in [-0.4, -0.2) is 78.1 Å². The van der Waals surface area contributed by atoms with Crippen LogP contribution in [0.5, 0.6) is 0 Å². The average molecular weight is 715 g/mol. The van der Waals surface area contributed by atoms with Crippen LogP contribution in [-0.2, 0) is 11.0 Å². The Morgan fingerprint density at radius 2 is 1.77 bits per heavy atom. The summed E-state index contributed by atoms with van der Waals surface area (Å²) in [5.41, 5.74) is 1.25. The fraction of sp³-hybridized carbons (Fsp3) is 0.417. The first-order valence-corrected chi connectivity index (χ1v) is 17.6. The zero-order valence-electron chi connectivity index (χ0n) is 28.2. The zero-order valence-corrected chi connectivity index (χ0v) is 28.2. The molecule has 4 amide bonds. The maximum Gasteiger partial charge on any atom is 0.433 e. The third-order valence-corrected chi connectivity index (χ3v) is 10.5. The molecule has 13 nitrogen and oxygen atoms in total. The molecule has 5 aromatic rings. The van der Waals surface area contributed by atoms with E-state index >= 15 is 0 Å². The first kappa shape index (κ1) is 33.7. The molecule has 0 radical (unpaired) electrons. The number of urea groups is 1. The second-order valence-corrected chi connectivity index (χ2v) is 13.9. The van der Waals surface area contributed by atoms with Crippen LogP contribution in [0.3, 0.4) is 0 Å². The molecule has 7 heterocycles. The fourth-order valence-corrected chi connectivity index (χ4v) is 7.73. The van der Waals surface area contributed by atoms with E-state index in [1.165, 1.54) is 11.6 Å². The largest absolute Gasteiger partial charge is 0.433 e. The fourth-order valence-electron chi connectivity index (χ4n) is 7.73. The van der Waals surface area contributed by atoms with Gasteiger partial charge < -0.3 is 10.2 Å². The lowest BCUT2D eigenvalue weighted by Gasteiger charge is -2.36. The van der Waals surface area contributed by atoms with E-state index in [9.17, 15) is 27.6 Å². The Labute approximate surface area is 296 Å². The molecule has 2 saturated heterocycles. The maximum atomic E-state index is 13.0. The Hall–Kier alpha value is -5.38. The Kier molecular flexibility index (Phi) is 8.85. The van der Waals surface area contributed by atoms with E-state index in [1.807, 2.05) is 21.5 Å². The standard InChI is InChI=1S/C36H37F3N10O3/c37-36(38,39)29-3-1-2-27(42-29)34(51)43-30-16-25-21-49(45-28(25)18-40-30)26-6-4-22(5-7-26)20-46-12-8-23(9-13-46)24-10-14-47-31(17-24)41-19-33(47)48-15-11-32(50)44-35(48)52/h1-3,10,14,16-19,21-23,26H,4-9,11-13,15,20H2,(H,43,51)(H,44,50,52)/t22-,26-. The van der Waals surface area contributed by atoms with Crippen molar-refractivity contribution in [2.45, 2.75) is 63.1 Å². The van der Waals surface area contributed by atoms with Crippen molar-refractivity contribution in [1.29, 1.82) is 0 Å². The van der Waals surface area contributed by atoms with Gasteiger partial charge in [0.25, 0.3) is 5.91 Å². The number of likely N-dealkylation sites (tertiary alicyclic amines) is 1. The van der Waals surface area contributed by atoms with Gasteiger partial charge in [-0.05, 0) is 99.3 Å². The number of nitrogens with one attached hydrogen (secondary N) is 2. The topological polar surface area (TPSA) is 143 Å². The SMILES string of the molecule is O=C1CCN(c2cnc3cc(C4CCN(C[C@H]5CC[C@H](n6cc7cc(NC(=O)c8cccc(C(F)(F)F)n8)ncc7n6)CC5)CC4)ccn23)C(=O)N1. The Balaban J connectivity index is 0.820. The van der Waals surface area contributed by atoms with Gasteiger partial charge in [-0.25, -0.2) is 19.7 Å². The number of fused-ring (bicyclic) bond motifs is 2. The molecule has 5 aromatic heterocycles. The minimum Gasteiger partial charge on any atom is -0.305 e. The number of piperidine rings is 1. The lowest BCUT2D eigenvalue weighted by molar-refractivity contribution is -0.141. The number of hydrogen-bond acceptors (Lipinski definition) is 8. The first-order chi connectivity index (χ1) is 25.1. The number of aromatic nitrogens is 6. The molecule has 0 bridgehead atoms. The molecule has 3 fully saturated rings. The van der Waals surface area contributed by atoms with E-state index in [-0.39, 0.29) is 29.9 Å². The maximum absolute atomic E-state index is 13.0. The molecule has 1 aliphatic carbocycles. The number of hydrogen-bond donors (Lipinski definition) is 2. The van der Waals surface area contributed by atoms with Crippen LogP contribution in [0.4, 0.5) is 29.6 Å². The van der Waals surface area contributed by atoms with Gasteiger partial charge in [0.2, 0.25) is 5.91 Å². The highest BCUT2D eigenvalue weighted by atomic mass is 19.4. The van der Waals surface area contributed by atoms with Gasteiger partial charge in [-0.2, -0.15) is 18.3 Å². The summed E-state index contributed by atoms with van der Waals surface area (Å²) in [4.78, 5) is 52.9. The van der Waals surface area contributed by atoms with Gasteiger partial charge in [-0.1, -0.05) is 6.07 Å². The lowest BCUT2D eigenvalue weighted by atomic mass is 9.84. The summed E-state index contributed by atoms with van der Waals surface area (Å²) >= 11 is 0. The van der Waals surface area contributed by atoms with Crippen LogP contribution < -0.4 is 15.5 Å². The molecule has 0 spiro atoms. The monoisotopic (exact) mass is 714 g/mol. The van der Waals surface area contributed by atoms with Crippen molar-refractivity contribution in [2.24, 2.45) is 5.92 Å². The molecule has 0 unspecified atom stereocenters. The molecule has 1 saturated carbocycles. The predicted molar refractivity (Wildman–Crippen MR) is 185 cm³/mol. The number of pyridine rings is 3. The van der Waals surface area contributed by atoms with Crippen molar-refractivity contribution in [3.63, 3.8) is 0 Å². The van der Waals surface area contributed by atoms with Crippen molar-refractivity contribution in [3.8, 4) is 0 Å². The van der Waals surface area contributed by atoms with Gasteiger partial charge in [0.05, 0.1) is 18.4 Å². The zero-order chi connectivity index (χ0) is 36.0. The number of alkyl halides is 3. The van der Waals surface area contributed by atoms with Crippen molar-refractivity contribution < 1.29 is 27.6 Å². The molecule has 0 aromatic carbocycles. The highest BCUT2D eigenvalue weighted by Crippen LogP contribution is 2.36. The van der Waals surface area contributed by atoms with Gasteiger partial charge in [0.1, 0.15) is 34.2 Å². The van der Waals surface area contributed by atoms with Crippen molar-refractivity contribution in [1.82, 2.24) is 39.3 Å². The number of anilines is 2. The molecule has 8 rings (SSSR count). The summed E-state index contributed by atoms with van der Waals surface area (Å²) < 4.78 is 43.0. The van der Waals surface area contributed by atoms with Crippen LogP contribution >= 0.6 is 0 Å². The summed E-state index contributed by atoms with van der Waals surface area (Å²) in [5, 5.41) is 10.4. The average Bonchev–Trinajstić information content (AvgIpc) is 3.76. The van der Waals surface area contributed by atoms with E-state index < -0.39 is 23.8 Å². The third-order valence-electron chi connectivity index (χ3n) is 10.5. The van der Waals surface area contributed by atoms with Crippen LogP contribution in [0.25, 0.3) is 16.6 Å². The summed E-state index contributed by atoms with van der Waals surface area (Å²) in [5.74, 6) is 0.895. The Morgan fingerprint density at radius 3 is 2.54 bits per heavy atom. The number of carbonyl (C=O) groups excluding carboxylic acids is 3. The summed E-state index contributed by atoms with van der Waals surface area (Å²) in [7, 11) is 0. The smallest absolute Gasteiger partial charge is 0.305 e. The quantitative estimate of drug-likeness (QED) is 0.215. The molecule has 2 N–H and O–H groups in total. The summed E-state index contributed by atoms with van der Waals surface area (Å²) in [6.07, 6.45) is 9.14. The number of rotatable bonds is 7. The molecular weight excluding hydrogens is 677 g/mol. The number of halogens is 3. The molecule has 0 atom stereocenters. The Morgan fingerprint density at radius 1 is 0.962 bits per heavy atom. The van der Waals surface area contributed by atoms with E-state index in [1.54, 1.807) is 23.4 Å². The number of nitrogens with zero attached hydrogens (tertiary/aromatic N) is 8. The van der Waals surface area contributed by atoms with Crippen molar-refractivity contribution >= 4 is 46.0 Å². The van der Waals surface area contributed by atoms with Gasteiger partial charge >= 0.3 is 12.2 Å². The highest BCUT2D eigenvalue weighted by Gasteiger charge is 2.33. The molecule has 2 aliphatic heterocycles. The molecule has 52 heavy (non-hydrogen) atoms. The molecule has 16 heteroatoms.